The minimum atomic E-state index is -4.81. The van der Waals surface area contributed by atoms with Crippen molar-refractivity contribution >= 4 is 58.5 Å². The highest BCUT2D eigenvalue weighted by atomic mass is 35.5. The third-order valence-corrected chi connectivity index (χ3v) is 6.04. The highest BCUT2D eigenvalue weighted by molar-refractivity contribution is 6.33. The second-order valence-corrected chi connectivity index (χ2v) is 8.72. The standard InChI is InChI=1S/C28H23ClF3N5O/c1-17(18-7-8-19-16-36-37-25(19)14-18)11-22-12-21(13-23(29)27(22)34-2)24(9-10-33)35-15-20-5-3-4-6-26(20)38-28(30,31)32/h3-14,16,33,35H,2,15H2,1H3,(H,36,37)/b17-11-,24-9-,33-10?. The number of halogens is 4. The first-order valence-electron chi connectivity index (χ1n) is 11.4. The van der Waals surface area contributed by atoms with Crippen LogP contribution in [0.15, 0.2) is 71.9 Å². The van der Waals surface area contributed by atoms with Gasteiger partial charge in [-0.3, -0.25) is 10.1 Å². The maximum Gasteiger partial charge on any atom is 0.573 e. The smallest absolute Gasteiger partial charge is 0.405 e. The van der Waals surface area contributed by atoms with Crippen molar-refractivity contribution in [2.45, 2.75) is 19.8 Å². The Balaban J connectivity index is 1.67. The average Bonchev–Trinajstić information content (AvgIpc) is 3.34. The third kappa shape index (κ3) is 6.30. The molecule has 0 aliphatic carbocycles. The van der Waals surface area contributed by atoms with Gasteiger partial charge >= 0.3 is 6.36 Å². The Morgan fingerprint density at radius 3 is 2.71 bits per heavy atom. The zero-order chi connectivity index (χ0) is 27.3. The van der Waals surface area contributed by atoms with Crippen molar-refractivity contribution in [2.24, 2.45) is 4.99 Å². The minimum absolute atomic E-state index is 0.0133. The Morgan fingerprint density at radius 1 is 1.18 bits per heavy atom. The average molecular weight is 538 g/mol. The van der Waals surface area contributed by atoms with Gasteiger partial charge in [0.2, 0.25) is 0 Å². The van der Waals surface area contributed by atoms with Crippen LogP contribution in [0.4, 0.5) is 18.9 Å². The van der Waals surface area contributed by atoms with Crippen molar-refractivity contribution in [1.82, 2.24) is 15.5 Å². The van der Waals surface area contributed by atoms with E-state index < -0.39 is 6.36 Å². The summed E-state index contributed by atoms with van der Waals surface area (Å²) in [5.41, 5.74) is 5.35. The number of allylic oxidation sites excluding steroid dienone is 2. The molecule has 4 aromatic rings. The first-order valence-corrected chi connectivity index (χ1v) is 11.8. The number of hydrogen-bond acceptors (Lipinski definition) is 5. The van der Waals surface area contributed by atoms with Gasteiger partial charge in [0.1, 0.15) is 5.75 Å². The number of alkyl halides is 3. The first kappa shape index (κ1) is 26.7. The van der Waals surface area contributed by atoms with Gasteiger partial charge in [-0.05, 0) is 66.8 Å². The maximum absolute atomic E-state index is 12.8. The normalized spacial score (nSPS) is 12.4. The highest BCUT2D eigenvalue weighted by Crippen LogP contribution is 2.35. The number of aliphatic imine (C=N–C) groups is 1. The third-order valence-electron chi connectivity index (χ3n) is 5.75. The molecule has 1 heterocycles. The summed E-state index contributed by atoms with van der Waals surface area (Å²) in [6.45, 7) is 5.61. The molecule has 0 saturated carbocycles. The monoisotopic (exact) mass is 537 g/mol. The molecule has 10 heteroatoms. The topological polar surface area (TPSA) is 86.2 Å². The summed E-state index contributed by atoms with van der Waals surface area (Å²) in [6.07, 6.45) is 1.43. The lowest BCUT2D eigenvalue weighted by Gasteiger charge is -2.17. The molecule has 1 aromatic heterocycles. The van der Waals surface area contributed by atoms with Gasteiger partial charge < -0.3 is 15.5 Å². The summed E-state index contributed by atoms with van der Waals surface area (Å²) in [5.74, 6) is -0.306. The van der Waals surface area contributed by atoms with E-state index in [1.165, 1.54) is 24.3 Å². The largest absolute Gasteiger partial charge is 0.573 e. The molecule has 4 rings (SSSR count). The summed E-state index contributed by atoms with van der Waals surface area (Å²) < 4.78 is 42.6. The fourth-order valence-corrected chi connectivity index (χ4v) is 4.24. The fraction of sp³-hybridized carbons (Fsp3) is 0.107. The molecule has 3 aromatic carbocycles. The molecular weight excluding hydrogens is 515 g/mol. The van der Waals surface area contributed by atoms with E-state index >= 15 is 0 Å². The van der Waals surface area contributed by atoms with E-state index in [0.717, 1.165) is 28.3 Å². The van der Waals surface area contributed by atoms with Crippen molar-refractivity contribution in [3.05, 3.63) is 94.1 Å². The van der Waals surface area contributed by atoms with E-state index in [2.05, 4.69) is 32.0 Å². The van der Waals surface area contributed by atoms with Gasteiger partial charge in [0.05, 0.1) is 22.4 Å². The predicted molar refractivity (Wildman–Crippen MR) is 147 cm³/mol. The van der Waals surface area contributed by atoms with Crippen LogP contribution in [0, 0.1) is 5.41 Å². The van der Waals surface area contributed by atoms with Crippen molar-refractivity contribution in [1.29, 1.82) is 5.41 Å². The molecule has 0 amide bonds. The van der Waals surface area contributed by atoms with Crippen LogP contribution in [0.3, 0.4) is 0 Å². The number of hydrogen-bond donors (Lipinski definition) is 3. The van der Waals surface area contributed by atoms with E-state index in [0.29, 0.717) is 33.1 Å². The Hall–Kier alpha value is -4.37. The van der Waals surface area contributed by atoms with Gasteiger partial charge in [-0.15, -0.1) is 13.2 Å². The number of aromatic nitrogens is 2. The summed E-state index contributed by atoms with van der Waals surface area (Å²) in [5, 5.41) is 19.0. The van der Waals surface area contributed by atoms with Crippen LogP contribution in [0.5, 0.6) is 5.75 Å². The van der Waals surface area contributed by atoms with Crippen molar-refractivity contribution in [3.8, 4) is 5.75 Å². The van der Waals surface area contributed by atoms with Gasteiger partial charge in [0.25, 0.3) is 0 Å². The number of fused-ring (bicyclic) bond motifs is 1. The van der Waals surface area contributed by atoms with Crippen LogP contribution in [0.1, 0.15) is 29.2 Å². The number of nitrogens with zero attached hydrogens (tertiary/aromatic N) is 2. The van der Waals surface area contributed by atoms with Crippen molar-refractivity contribution < 1.29 is 17.9 Å². The lowest BCUT2D eigenvalue weighted by molar-refractivity contribution is -0.274. The number of rotatable bonds is 9. The molecule has 194 valence electrons. The summed E-state index contributed by atoms with van der Waals surface area (Å²) in [7, 11) is 0. The lowest BCUT2D eigenvalue weighted by atomic mass is 10.00. The zero-order valence-corrected chi connectivity index (χ0v) is 21.0. The highest BCUT2D eigenvalue weighted by Gasteiger charge is 2.32. The van der Waals surface area contributed by atoms with E-state index in [1.807, 2.05) is 37.3 Å². The van der Waals surface area contributed by atoms with Gasteiger partial charge in [-0.2, -0.15) is 5.10 Å². The first-order chi connectivity index (χ1) is 18.2. The second kappa shape index (κ2) is 11.4. The number of para-hydroxylation sites is 1. The van der Waals surface area contributed by atoms with Crippen LogP contribution in [0.2, 0.25) is 5.02 Å². The minimum Gasteiger partial charge on any atom is -0.405 e. The molecule has 38 heavy (non-hydrogen) atoms. The molecule has 0 fully saturated rings. The van der Waals surface area contributed by atoms with Gasteiger partial charge in [0.15, 0.2) is 0 Å². The number of benzene rings is 3. The number of ether oxygens (including phenoxy) is 1. The molecule has 0 radical (unpaired) electrons. The van der Waals surface area contributed by atoms with Crippen LogP contribution in [-0.2, 0) is 6.54 Å². The van der Waals surface area contributed by atoms with Crippen LogP contribution in [-0.4, -0.2) is 29.5 Å². The SMILES string of the molecule is C=Nc1c(Cl)cc(/C(=C/C=N)NCc2ccccc2OC(F)(F)F)cc1/C=C(/C)c1ccc2cn[nH]c2c1. The molecular formula is C28H23ClF3N5O. The number of aromatic amines is 1. The van der Waals surface area contributed by atoms with Crippen molar-refractivity contribution in [2.75, 3.05) is 0 Å². The molecule has 0 aliphatic heterocycles. The molecule has 0 atom stereocenters. The fourth-order valence-electron chi connectivity index (χ4n) is 3.96. The Labute approximate surface area is 222 Å². The van der Waals surface area contributed by atoms with Gasteiger partial charge in [-0.25, -0.2) is 0 Å². The lowest BCUT2D eigenvalue weighted by Crippen LogP contribution is -2.19. The molecule has 0 bridgehead atoms. The second-order valence-electron chi connectivity index (χ2n) is 8.31. The van der Waals surface area contributed by atoms with Gasteiger partial charge in [-0.1, -0.05) is 41.9 Å². The Kier molecular flexibility index (Phi) is 7.97. The summed E-state index contributed by atoms with van der Waals surface area (Å²) in [6, 6.07) is 15.3. The Bertz CT molecular complexity index is 1560. The van der Waals surface area contributed by atoms with Crippen LogP contribution < -0.4 is 10.1 Å². The summed E-state index contributed by atoms with van der Waals surface area (Å²) >= 11 is 6.55. The molecule has 0 aliphatic rings. The van der Waals surface area contributed by atoms with Crippen molar-refractivity contribution in [3.63, 3.8) is 0 Å². The molecule has 6 nitrogen and oxygen atoms in total. The molecule has 0 unspecified atom stereocenters. The molecule has 0 saturated heterocycles. The number of nitrogens with one attached hydrogen (secondary N) is 3. The summed E-state index contributed by atoms with van der Waals surface area (Å²) in [4.78, 5) is 4.09. The van der Waals surface area contributed by atoms with E-state index in [-0.39, 0.29) is 12.3 Å². The Morgan fingerprint density at radius 2 is 1.97 bits per heavy atom. The quantitative estimate of drug-likeness (QED) is 0.150. The number of H-pyrrole nitrogens is 1. The van der Waals surface area contributed by atoms with E-state index in [1.54, 1.807) is 18.3 Å². The maximum atomic E-state index is 12.8. The van der Waals surface area contributed by atoms with Crippen LogP contribution in [0.25, 0.3) is 28.2 Å². The molecule has 0 spiro atoms. The zero-order valence-electron chi connectivity index (χ0n) is 20.2. The van der Waals surface area contributed by atoms with E-state index in [4.69, 9.17) is 17.0 Å². The van der Waals surface area contributed by atoms with Gasteiger partial charge in [0, 0.05) is 35.0 Å². The van der Waals surface area contributed by atoms with E-state index in [9.17, 15) is 13.2 Å². The molecule has 3 N–H and O–H groups in total. The van der Waals surface area contributed by atoms with Crippen LogP contribution >= 0.6 is 11.6 Å². The predicted octanol–water partition coefficient (Wildman–Crippen LogP) is 7.79.